The molecule has 0 spiro atoms. The Balaban J connectivity index is 3.27. The van der Waals surface area contributed by atoms with Crippen LogP contribution in [-0.2, 0) is 0 Å². The minimum atomic E-state index is -2.01. The fourth-order valence-corrected chi connectivity index (χ4v) is 1.14. The van der Waals surface area contributed by atoms with Crippen LogP contribution in [0.3, 0.4) is 0 Å². The van der Waals surface area contributed by atoms with E-state index in [1.165, 1.54) is 0 Å². The van der Waals surface area contributed by atoms with Gasteiger partial charge in [0.25, 0.3) is 0 Å². The monoisotopic (exact) mass is 222 g/mol. The highest BCUT2D eigenvalue weighted by Gasteiger charge is 2.64. The summed E-state index contributed by atoms with van der Waals surface area (Å²) >= 11 is 0. The van der Waals surface area contributed by atoms with Crippen LogP contribution >= 0.6 is 0 Å². The van der Waals surface area contributed by atoms with Crippen LogP contribution in [0.1, 0.15) is 0 Å². The van der Waals surface area contributed by atoms with E-state index in [1.807, 2.05) is 0 Å². The van der Waals surface area contributed by atoms with Crippen LogP contribution in [0.2, 0.25) is 0 Å². The first-order valence-electron chi connectivity index (χ1n) is 3.85. The Morgan fingerprint density at radius 3 is 1.13 bits per heavy atom. The van der Waals surface area contributed by atoms with Gasteiger partial charge in [0.2, 0.25) is 0 Å². The third-order valence-corrected chi connectivity index (χ3v) is 2.53. The molecule has 0 aromatic carbocycles. The Bertz CT molecular complexity index is 232. The predicted octanol–water partition coefficient (Wildman–Crippen LogP) is -6.89. The van der Waals surface area contributed by atoms with Crippen molar-refractivity contribution >= 4 is 0 Å². The fraction of sp³-hybridized carbons (Fsp3) is 1.00. The quantitative estimate of drug-likeness (QED) is 0.137. The largest absolute Gasteiger partial charge is 0.306 e. The topological polar surface area (TPSA) is 244 Å². The van der Waals surface area contributed by atoms with E-state index in [0.29, 0.717) is 15.5 Å². The Kier molecular flexibility index (Phi) is 2.53. The average molecular weight is 222 g/mol. The van der Waals surface area contributed by atoms with Gasteiger partial charge in [-0.3, -0.25) is 22.9 Å². The van der Waals surface area contributed by atoms with E-state index in [4.69, 9.17) is 51.9 Å². The molecule has 1 fully saturated rings. The first kappa shape index (κ1) is 12.6. The molecule has 90 valence electrons. The van der Waals surface area contributed by atoms with Crippen LogP contribution in [0, 0.1) is 0 Å². The van der Waals surface area contributed by atoms with E-state index < -0.39 is 17.2 Å². The first-order chi connectivity index (χ1) is 6.48. The molecule has 0 aliphatic carbocycles. The molecule has 0 unspecified atom stereocenters. The summed E-state index contributed by atoms with van der Waals surface area (Å²) in [5.74, 6) is 12.3. The normalized spacial score (nSPS) is 31.8. The molecule has 0 bridgehead atoms. The zero-order valence-corrected chi connectivity index (χ0v) is 8.04. The van der Waals surface area contributed by atoms with Crippen molar-refractivity contribution in [2.24, 2.45) is 51.9 Å². The average Bonchev–Trinajstić information content (AvgIpc) is 2.12. The number of hydrogen-bond donors (Lipinski definition) is 9. The molecule has 0 saturated carbocycles. The van der Waals surface area contributed by atoms with Crippen molar-refractivity contribution in [1.82, 2.24) is 15.5 Å². The molecule has 0 aromatic rings. The van der Waals surface area contributed by atoms with Gasteiger partial charge in [0.15, 0.2) is 17.2 Å². The van der Waals surface area contributed by atoms with Gasteiger partial charge < -0.3 is 11.5 Å². The molecule has 18 N–H and O–H groups in total. The molecule has 1 heterocycles. The lowest BCUT2D eigenvalue weighted by Crippen LogP contribution is -3.04. The molecule has 15 heavy (non-hydrogen) atoms. The molecule has 0 aromatic heterocycles. The summed E-state index contributed by atoms with van der Waals surface area (Å²) in [6, 6.07) is 0. The van der Waals surface area contributed by atoms with Gasteiger partial charge in [0, 0.05) is 0 Å². The Hall–Kier alpha value is -0.480. The minimum absolute atomic E-state index is 0.609. The number of nitrogens with zero attached hydrogens (tertiary/aromatic N) is 3. The summed E-state index contributed by atoms with van der Waals surface area (Å²) in [7, 11) is 0. The summed E-state index contributed by atoms with van der Waals surface area (Å²) in [6.07, 6.45) is 0. The van der Waals surface area contributed by atoms with Gasteiger partial charge >= 0.3 is 0 Å². The molecule has 1 aliphatic rings. The zero-order valence-electron chi connectivity index (χ0n) is 8.04. The van der Waals surface area contributed by atoms with Crippen molar-refractivity contribution in [3.05, 3.63) is 0 Å². The standard InChI is InChI=1S/C3H18N12/c4-1(5)2(6,7)13(10)15(12)14(11)3(1,8)9/h4-12H2. The second kappa shape index (κ2) is 3.01. The van der Waals surface area contributed by atoms with Crippen molar-refractivity contribution in [2.75, 3.05) is 0 Å². The van der Waals surface area contributed by atoms with Crippen LogP contribution in [0.4, 0.5) is 0 Å². The van der Waals surface area contributed by atoms with Gasteiger partial charge in [0.05, 0.1) is 0 Å². The number of hydrogen-bond acceptors (Lipinski definition) is 12. The van der Waals surface area contributed by atoms with Crippen LogP contribution < -0.4 is 51.9 Å². The summed E-state index contributed by atoms with van der Waals surface area (Å²) in [4.78, 5) is 0. The smallest absolute Gasteiger partial charge is 0.187 e. The molecule has 0 atom stereocenters. The SMILES string of the molecule is NN1N(N)C(N)(N)C(N)(N)C(N)(N)N1N. The van der Waals surface area contributed by atoms with Crippen molar-refractivity contribution < 1.29 is 0 Å². The maximum absolute atomic E-state index is 5.63. The van der Waals surface area contributed by atoms with Gasteiger partial charge in [-0.2, -0.15) is 0 Å². The molecule has 12 nitrogen and oxygen atoms in total. The summed E-state index contributed by atoms with van der Waals surface area (Å²) in [6.45, 7) is 0. The first-order valence-corrected chi connectivity index (χ1v) is 3.85. The summed E-state index contributed by atoms with van der Waals surface area (Å²) < 4.78 is 0. The zero-order chi connectivity index (χ0) is 12.2. The Morgan fingerprint density at radius 1 is 0.600 bits per heavy atom. The van der Waals surface area contributed by atoms with Crippen molar-refractivity contribution in [2.45, 2.75) is 17.2 Å². The maximum atomic E-state index is 5.63. The van der Waals surface area contributed by atoms with Crippen molar-refractivity contribution in [3.8, 4) is 0 Å². The Morgan fingerprint density at radius 2 is 0.867 bits per heavy atom. The Labute approximate surface area is 85.7 Å². The molecular weight excluding hydrogens is 204 g/mol. The van der Waals surface area contributed by atoms with Gasteiger partial charge in [-0.25, -0.2) is 17.5 Å². The highest BCUT2D eigenvalue weighted by molar-refractivity contribution is 5.10. The van der Waals surface area contributed by atoms with E-state index in [-0.39, 0.29) is 0 Å². The lowest BCUT2D eigenvalue weighted by molar-refractivity contribution is -0.345. The van der Waals surface area contributed by atoms with E-state index in [1.54, 1.807) is 0 Å². The number of rotatable bonds is 0. The molecule has 0 radical (unpaired) electrons. The third-order valence-electron chi connectivity index (χ3n) is 2.53. The molecule has 1 aliphatic heterocycles. The molecule has 1 saturated heterocycles. The van der Waals surface area contributed by atoms with E-state index in [2.05, 4.69) is 0 Å². The molecule has 12 heteroatoms. The van der Waals surface area contributed by atoms with Gasteiger partial charge in [-0.05, 0) is 0 Å². The highest BCUT2D eigenvalue weighted by Crippen LogP contribution is 2.25. The van der Waals surface area contributed by atoms with Crippen LogP contribution in [-0.4, -0.2) is 32.7 Å². The molecule has 0 amide bonds. The number of hydrazine groups is 5. The lowest BCUT2D eigenvalue weighted by Gasteiger charge is -2.61. The van der Waals surface area contributed by atoms with E-state index in [0.717, 1.165) is 0 Å². The van der Waals surface area contributed by atoms with Gasteiger partial charge in [-0.1, -0.05) is 5.23 Å². The van der Waals surface area contributed by atoms with E-state index >= 15 is 0 Å². The predicted molar refractivity (Wildman–Crippen MR) is 51.4 cm³/mol. The van der Waals surface area contributed by atoms with Crippen molar-refractivity contribution in [1.29, 1.82) is 0 Å². The second-order valence-electron chi connectivity index (χ2n) is 3.53. The van der Waals surface area contributed by atoms with Crippen LogP contribution in [0.25, 0.3) is 0 Å². The number of nitrogens with two attached hydrogens (primary N) is 9. The van der Waals surface area contributed by atoms with Gasteiger partial charge in [0.1, 0.15) is 0 Å². The van der Waals surface area contributed by atoms with E-state index in [9.17, 15) is 0 Å². The van der Waals surface area contributed by atoms with Crippen molar-refractivity contribution in [3.63, 3.8) is 0 Å². The lowest BCUT2D eigenvalue weighted by atomic mass is 9.95. The van der Waals surface area contributed by atoms with Crippen LogP contribution in [0.5, 0.6) is 0 Å². The maximum Gasteiger partial charge on any atom is 0.187 e. The fourth-order valence-electron chi connectivity index (χ4n) is 1.14. The molecule has 1 rings (SSSR count). The molecular formula is C3H18N12. The van der Waals surface area contributed by atoms with Crippen LogP contribution in [0.15, 0.2) is 0 Å². The summed E-state index contributed by atoms with van der Waals surface area (Å²) in [5, 5.41) is 1.84. The highest BCUT2D eigenvalue weighted by atomic mass is 16.1. The van der Waals surface area contributed by atoms with Gasteiger partial charge in [-0.15, -0.1) is 10.2 Å². The summed E-state index contributed by atoms with van der Waals surface area (Å²) in [5.41, 5.74) is 31.6. The minimum Gasteiger partial charge on any atom is -0.306 e. The third kappa shape index (κ3) is 1.27. The second-order valence-corrected chi connectivity index (χ2v) is 3.53.